The van der Waals surface area contributed by atoms with Crippen molar-refractivity contribution in [2.24, 2.45) is 5.92 Å². The lowest BCUT2D eigenvalue weighted by molar-refractivity contribution is -0.113. The maximum atomic E-state index is 13.3. The summed E-state index contributed by atoms with van der Waals surface area (Å²) >= 11 is 1.23. The van der Waals surface area contributed by atoms with Crippen molar-refractivity contribution in [3.8, 4) is 11.4 Å². The van der Waals surface area contributed by atoms with Gasteiger partial charge in [-0.25, -0.2) is 8.78 Å². The van der Waals surface area contributed by atoms with E-state index in [2.05, 4.69) is 34.3 Å². The second-order valence-electron chi connectivity index (χ2n) is 6.52. The molecule has 0 bridgehead atoms. The van der Waals surface area contributed by atoms with Gasteiger partial charge in [0.2, 0.25) is 5.91 Å². The average molecular weight is 403 g/mol. The molecule has 0 aliphatic rings. The first-order chi connectivity index (χ1) is 13.4. The van der Waals surface area contributed by atoms with Gasteiger partial charge < -0.3 is 9.88 Å². The number of amides is 1. The fourth-order valence-corrected chi connectivity index (χ4v) is 3.28. The summed E-state index contributed by atoms with van der Waals surface area (Å²) in [6.45, 7) is 4.85. The lowest BCUT2D eigenvalue weighted by atomic mass is 10.2. The number of hydrogen-bond acceptors (Lipinski definition) is 5. The molecule has 1 N–H and O–H groups in total. The summed E-state index contributed by atoms with van der Waals surface area (Å²) < 4.78 is 28.2. The van der Waals surface area contributed by atoms with E-state index in [4.69, 9.17) is 0 Å². The number of benzene rings is 1. The molecule has 3 rings (SSSR count). The molecule has 1 aromatic carbocycles. The fourth-order valence-electron chi connectivity index (χ4n) is 2.53. The van der Waals surface area contributed by atoms with Gasteiger partial charge in [0.25, 0.3) is 0 Å². The molecule has 0 fully saturated rings. The third kappa shape index (κ3) is 4.92. The van der Waals surface area contributed by atoms with E-state index in [0.29, 0.717) is 23.4 Å². The van der Waals surface area contributed by atoms with Gasteiger partial charge in [0.15, 0.2) is 22.6 Å². The summed E-state index contributed by atoms with van der Waals surface area (Å²) in [6, 6.07) is 6.95. The topological polar surface area (TPSA) is 72.7 Å². The number of aromatic nitrogens is 4. The molecule has 0 aliphatic heterocycles. The maximum absolute atomic E-state index is 13.3. The Labute approximate surface area is 165 Å². The summed E-state index contributed by atoms with van der Waals surface area (Å²) in [5, 5.41) is 11.6. The van der Waals surface area contributed by atoms with Gasteiger partial charge in [-0.15, -0.1) is 10.2 Å². The number of anilines is 1. The van der Waals surface area contributed by atoms with E-state index in [1.807, 2.05) is 16.7 Å². The van der Waals surface area contributed by atoms with Crippen LogP contribution in [-0.4, -0.2) is 31.4 Å². The Kier molecular flexibility index (Phi) is 6.35. The molecule has 1 amide bonds. The van der Waals surface area contributed by atoms with Crippen LogP contribution in [0.25, 0.3) is 11.4 Å². The number of carbonyl (C=O) groups excluding carboxylic acids is 1. The number of nitrogens with zero attached hydrogens (tertiary/aromatic N) is 4. The minimum Gasteiger partial charge on any atom is -0.325 e. The number of halogens is 2. The first kappa shape index (κ1) is 19.9. The summed E-state index contributed by atoms with van der Waals surface area (Å²) in [4.78, 5) is 16.3. The predicted molar refractivity (Wildman–Crippen MR) is 104 cm³/mol. The van der Waals surface area contributed by atoms with Crippen molar-refractivity contribution in [3.63, 3.8) is 0 Å². The number of rotatable bonds is 7. The maximum Gasteiger partial charge on any atom is 0.234 e. The largest absolute Gasteiger partial charge is 0.325 e. The quantitative estimate of drug-likeness (QED) is 0.604. The Balaban J connectivity index is 1.72. The van der Waals surface area contributed by atoms with Gasteiger partial charge in [0, 0.05) is 36.3 Å². The summed E-state index contributed by atoms with van der Waals surface area (Å²) in [6.07, 6.45) is 3.40. The molecule has 9 heteroatoms. The van der Waals surface area contributed by atoms with Crippen molar-refractivity contribution < 1.29 is 13.6 Å². The minimum absolute atomic E-state index is 0.0578. The SMILES string of the molecule is CC(C)Cn1c(SCC(=O)Nc2ccc(F)c(F)c2)nnc1-c1cccnc1. The summed E-state index contributed by atoms with van der Waals surface area (Å²) in [5.74, 6) is -1.23. The summed E-state index contributed by atoms with van der Waals surface area (Å²) in [7, 11) is 0. The molecule has 0 unspecified atom stereocenters. The van der Waals surface area contributed by atoms with Gasteiger partial charge in [0.05, 0.1) is 5.75 Å². The van der Waals surface area contributed by atoms with Crippen molar-refractivity contribution in [1.82, 2.24) is 19.7 Å². The highest BCUT2D eigenvalue weighted by atomic mass is 32.2. The van der Waals surface area contributed by atoms with E-state index in [1.54, 1.807) is 12.4 Å². The standard InChI is InChI=1S/C19H19F2N5OS/c1-12(2)10-26-18(13-4-3-7-22-9-13)24-25-19(26)28-11-17(27)23-14-5-6-15(20)16(21)8-14/h3-9,12H,10-11H2,1-2H3,(H,23,27). The first-order valence-electron chi connectivity index (χ1n) is 8.65. The van der Waals surface area contributed by atoms with Crippen LogP contribution in [0.1, 0.15) is 13.8 Å². The number of thioether (sulfide) groups is 1. The second kappa shape index (κ2) is 8.92. The predicted octanol–water partition coefficient (Wildman–Crippen LogP) is 4.01. The third-order valence-electron chi connectivity index (χ3n) is 3.72. The molecule has 0 saturated heterocycles. The van der Waals surface area contributed by atoms with Crippen LogP contribution in [0, 0.1) is 17.6 Å². The van der Waals surface area contributed by atoms with E-state index < -0.39 is 11.6 Å². The van der Waals surface area contributed by atoms with E-state index >= 15 is 0 Å². The van der Waals surface area contributed by atoms with Crippen molar-refractivity contribution in [3.05, 3.63) is 54.4 Å². The van der Waals surface area contributed by atoms with Crippen LogP contribution < -0.4 is 5.32 Å². The van der Waals surface area contributed by atoms with Crippen LogP contribution in [0.2, 0.25) is 0 Å². The lowest BCUT2D eigenvalue weighted by Gasteiger charge is -2.12. The Hall–Kier alpha value is -2.81. The molecular weight excluding hydrogens is 384 g/mol. The zero-order valence-corrected chi connectivity index (χ0v) is 16.2. The van der Waals surface area contributed by atoms with Crippen LogP contribution in [0.15, 0.2) is 47.9 Å². The second-order valence-corrected chi connectivity index (χ2v) is 7.46. The summed E-state index contributed by atoms with van der Waals surface area (Å²) in [5.41, 5.74) is 1.04. The van der Waals surface area contributed by atoms with Crippen molar-refractivity contribution >= 4 is 23.4 Å². The van der Waals surface area contributed by atoms with Crippen LogP contribution in [-0.2, 0) is 11.3 Å². The van der Waals surface area contributed by atoms with Crippen molar-refractivity contribution in [1.29, 1.82) is 0 Å². The number of pyridine rings is 1. The van der Waals surface area contributed by atoms with Crippen LogP contribution >= 0.6 is 11.8 Å². The zero-order chi connectivity index (χ0) is 20.1. The van der Waals surface area contributed by atoms with Crippen molar-refractivity contribution in [2.45, 2.75) is 25.5 Å². The third-order valence-corrected chi connectivity index (χ3v) is 4.69. The molecule has 2 heterocycles. The number of nitrogens with one attached hydrogen (secondary N) is 1. The Morgan fingerprint density at radius 2 is 2.04 bits per heavy atom. The molecule has 0 saturated carbocycles. The van der Waals surface area contributed by atoms with E-state index in [-0.39, 0.29) is 17.3 Å². The highest BCUT2D eigenvalue weighted by Crippen LogP contribution is 2.25. The van der Waals surface area contributed by atoms with Gasteiger partial charge in [-0.05, 0) is 30.2 Å². The zero-order valence-electron chi connectivity index (χ0n) is 15.4. The molecule has 0 aliphatic carbocycles. The Bertz CT molecular complexity index is 962. The van der Waals surface area contributed by atoms with Crippen LogP contribution in [0.4, 0.5) is 14.5 Å². The van der Waals surface area contributed by atoms with E-state index in [1.165, 1.54) is 17.8 Å². The monoisotopic (exact) mass is 403 g/mol. The van der Waals surface area contributed by atoms with Gasteiger partial charge >= 0.3 is 0 Å². The highest BCUT2D eigenvalue weighted by molar-refractivity contribution is 7.99. The molecule has 2 aromatic heterocycles. The smallest absolute Gasteiger partial charge is 0.234 e. The molecular formula is C19H19F2N5OS. The first-order valence-corrected chi connectivity index (χ1v) is 9.64. The Morgan fingerprint density at radius 3 is 2.71 bits per heavy atom. The van der Waals surface area contributed by atoms with Crippen LogP contribution in [0.3, 0.4) is 0 Å². The Morgan fingerprint density at radius 1 is 1.21 bits per heavy atom. The van der Waals surface area contributed by atoms with Crippen molar-refractivity contribution in [2.75, 3.05) is 11.1 Å². The molecule has 0 atom stereocenters. The van der Waals surface area contributed by atoms with Gasteiger partial charge in [-0.1, -0.05) is 25.6 Å². The lowest BCUT2D eigenvalue weighted by Crippen LogP contribution is -2.15. The minimum atomic E-state index is -1.01. The number of hydrogen-bond donors (Lipinski definition) is 1. The molecule has 3 aromatic rings. The van der Waals surface area contributed by atoms with Gasteiger partial charge in [0.1, 0.15) is 0 Å². The molecule has 0 spiro atoms. The molecule has 28 heavy (non-hydrogen) atoms. The van der Waals surface area contributed by atoms with Crippen LogP contribution in [0.5, 0.6) is 0 Å². The number of carbonyl (C=O) groups is 1. The normalized spacial score (nSPS) is 11.0. The van der Waals surface area contributed by atoms with Gasteiger partial charge in [-0.2, -0.15) is 0 Å². The van der Waals surface area contributed by atoms with E-state index in [9.17, 15) is 13.6 Å². The molecule has 0 radical (unpaired) electrons. The van der Waals surface area contributed by atoms with E-state index in [0.717, 1.165) is 17.7 Å². The van der Waals surface area contributed by atoms with Gasteiger partial charge in [-0.3, -0.25) is 9.78 Å². The highest BCUT2D eigenvalue weighted by Gasteiger charge is 2.17. The molecule has 146 valence electrons. The fraction of sp³-hybridized carbons (Fsp3) is 0.263. The molecule has 6 nitrogen and oxygen atoms in total. The average Bonchev–Trinajstić information content (AvgIpc) is 3.05.